The molecule has 29 heavy (non-hydrogen) atoms. The van der Waals surface area contributed by atoms with Gasteiger partial charge in [-0.05, 0) is 62.6 Å². The standard InChI is InChI=1S/C27H19BrO/c28-25-14-13-20-19-9-3-6-12-24(19)27(26(20)21(25)15-16-29)22-10-4-1-7-17(22)18-8-2-5-11-23(18)27/h1-14,29H,15-16H2. The summed E-state index contributed by atoms with van der Waals surface area (Å²) in [6, 6.07) is 30.8. The SMILES string of the molecule is OCCc1c(Br)ccc2c1C1(c3ccccc3-c3ccccc31)c1ccccc1-2. The second-order valence-corrected chi connectivity index (χ2v) is 8.66. The summed E-state index contributed by atoms with van der Waals surface area (Å²) < 4.78 is 1.07. The predicted octanol–water partition coefficient (Wildman–Crippen LogP) is 6.33. The van der Waals surface area contributed by atoms with Gasteiger partial charge in [-0.15, -0.1) is 0 Å². The predicted molar refractivity (Wildman–Crippen MR) is 121 cm³/mol. The first kappa shape index (κ1) is 17.2. The first-order chi connectivity index (χ1) is 14.3. The van der Waals surface area contributed by atoms with Crippen molar-refractivity contribution < 1.29 is 5.11 Å². The summed E-state index contributed by atoms with van der Waals surface area (Å²) >= 11 is 3.79. The van der Waals surface area contributed by atoms with E-state index in [4.69, 9.17) is 0 Å². The van der Waals surface area contributed by atoms with E-state index in [2.05, 4.69) is 101 Å². The molecule has 1 spiro atoms. The van der Waals surface area contributed by atoms with Crippen molar-refractivity contribution in [2.45, 2.75) is 11.8 Å². The normalized spacial score (nSPS) is 14.4. The van der Waals surface area contributed by atoms with E-state index in [-0.39, 0.29) is 12.0 Å². The lowest BCUT2D eigenvalue weighted by molar-refractivity contribution is 0.299. The van der Waals surface area contributed by atoms with Gasteiger partial charge in [-0.1, -0.05) is 94.8 Å². The van der Waals surface area contributed by atoms with Crippen molar-refractivity contribution in [1.82, 2.24) is 0 Å². The summed E-state index contributed by atoms with van der Waals surface area (Å²) in [5, 5.41) is 9.89. The molecule has 0 saturated carbocycles. The molecule has 0 amide bonds. The number of aliphatic hydroxyl groups excluding tert-OH is 1. The van der Waals surface area contributed by atoms with Gasteiger partial charge in [-0.2, -0.15) is 0 Å². The van der Waals surface area contributed by atoms with E-state index in [0.29, 0.717) is 6.42 Å². The van der Waals surface area contributed by atoms with E-state index in [1.807, 2.05) is 0 Å². The lowest BCUT2D eigenvalue weighted by atomic mass is 9.69. The molecule has 0 aliphatic heterocycles. The third kappa shape index (κ3) is 2.03. The van der Waals surface area contributed by atoms with Crippen LogP contribution in [0.5, 0.6) is 0 Å². The Labute approximate surface area is 178 Å². The largest absolute Gasteiger partial charge is 0.396 e. The second-order valence-electron chi connectivity index (χ2n) is 7.81. The Morgan fingerprint density at radius 3 is 1.62 bits per heavy atom. The molecule has 1 N–H and O–H groups in total. The molecule has 1 nitrogen and oxygen atoms in total. The molecule has 0 fully saturated rings. The first-order valence-electron chi connectivity index (χ1n) is 10.0. The monoisotopic (exact) mass is 438 g/mol. The minimum atomic E-state index is -0.340. The highest BCUT2D eigenvalue weighted by molar-refractivity contribution is 9.10. The number of rotatable bonds is 2. The van der Waals surface area contributed by atoms with Gasteiger partial charge in [0.15, 0.2) is 0 Å². The zero-order valence-corrected chi connectivity index (χ0v) is 17.4. The molecule has 140 valence electrons. The molecule has 0 unspecified atom stereocenters. The molecule has 4 aromatic rings. The average Bonchev–Trinajstić information content (AvgIpc) is 3.23. The third-order valence-electron chi connectivity index (χ3n) is 6.57. The number of benzene rings is 4. The molecule has 0 heterocycles. The molecule has 2 aliphatic rings. The van der Waals surface area contributed by atoms with Crippen LogP contribution >= 0.6 is 15.9 Å². The van der Waals surface area contributed by atoms with Crippen LogP contribution in [-0.4, -0.2) is 11.7 Å². The Morgan fingerprint density at radius 1 is 0.621 bits per heavy atom. The van der Waals surface area contributed by atoms with Crippen molar-refractivity contribution >= 4 is 15.9 Å². The zero-order valence-electron chi connectivity index (χ0n) is 15.8. The topological polar surface area (TPSA) is 20.2 Å². The molecule has 0 bridgehead atoms. The Balaban J connectivity index is 1.87. The Hall–Kier alpha value is -2.68. The molecular weight excluding hydrogens is 420 g/mol. The minimum absolute atomic E-state index is 0.130. The lowest BCUT2D eigenvalue weighted by Crippen LogP contribution is -2.27. The number of halogens is 1. The summed E-state index contributed by atoms with van der Waals surface area (Å²) in [5.74, 6) is 0. The molecule has 0 saturated heterocycles. The molecule has 0 radical (unpaired) electrons. The molecular formula is C27H19BrO. The summed E-state index contributed by atoms with van der Waals surface area (Å²) in [6.07, 6.45) is 0.629. The summed E-state index contributed by atoms with van der Waals surface area (Å²) in [4.78, 5) is 0. The fourth-order valence-electron chi connectivity index (χ4n) is 5.61. The van der Waals surface area contributed by atoms with Crippen LogP contribution in [0.25, 0.3) is 22.3 Å². The number of hydrogen-bond donors (Lipinski definition) is 1. The van der Waals surface area contributed by atoms with Crippen LogP contribution in [0, 0.1) is 0 Å². The maximum Gasteiger partial charge on any atom is 0.0728 e. The van der Waals surface area contributed by atoms with Crippen LogP contribution in [0.3, 0.4) is 0 Å². The van der Waals surface area contributed by atoms with Gasteiger partial charge >= 0.3 is 0 Å². The molecule has 0 atom stereocenters. The summed E-state index contributed by atoms with van der Waals surface area (Å²) in [7, 11) is 0. The van der Waals surface area contributed by atoms with Crippen LogP contribution in [0.4, 0.5) is 0 Å². The van der Waals surface area contributed by atoms with E-state index in [1.54, 1.807) is 0 Å². The third-order valence-corrected chi connectivity index (χ3v) is 7.31. The van der Waals surface area contributed by atoms with Gasteiger partial charge in [0, 0.05) is 11.1 Å². The minimum Gasteiger partial charge on any atom is -0.396 e. The van der Waals surface area contributed by atoms with Crippen molar-refractivity contribution in [2.75, 3.05) is 6.61 Å². The summed E-state index contributed by atoms with van der Waals surface area (Å²) in [6.45, 7) is 0.130. The van der Waals surface area contributed by atoms with E-state index >= 15 is 0 Å². The molecule has 2 heteroatoms. The van der Waals surface area contributed by atoms with Crippen molar-refractivity contribution in [1.29, 1.82) is 0 Å². The van der Waals surface area contributed by atoms with Gasteiger partial charge in [0.2, 0.25) is 0 Å². The maximum absolute atomic E-state index is 9.89. The quantitative estimate of drug-likeness (QED) is 0.335. The van der Waals surface area contributed by atoms with E-state index in [1.165, 1.54) is 50.1 Å². The van der Waals surface area contributed by atoms with Gasteiger partial charge in [-0.25, -0.2) is 0 Å². The van der Waals surface area contributed by atoms with Crippen molar-refractivity contribution in [3.05, 3.63) is 117 Å². The first-order valence-corrected chi connectivity index (χ1v) is 10.8. The van der Waals surface area contributed by atoms with Crippen LogP contribution in [-0.2, 0) is 11.8 Å². The van der Waals surface area contributed by atoms with Gasteiger partial charge in [-0.3, -0.25) is 0 Å². The maximum atomic E-state index is 9.89. The van der Waals surface area contributed by atoms with Crippen LogP contribution in [0.1, 0.15) is 27.8 Å². The van der Waals surface area contributed by atoms with Crippen LogP contribution < -0.4 is 0 Å². The lowest BCUT2D eigenvalue weighted by Gasteiger charge is -2.32. The van der Waals surface area contributed by atoms with Crippen molar-refractivity contribution in [2.24, 2.45) is 0 Å². The second kappa shape index (κ2) is 6.16. The highest BCUT2D eigenvalue weighted by Gasteiger charge is 2.52. The van der Waals surface area contributed by atoms with Crippen molar-refractivity contribution in [3.8, 4) is 22.3 Å². The zero-order chi connectivity index (χ0) is 19.6. The summed E-state index contributed by atoms with van der Waals surface area (Å²) in [5.41, 5.74) is 11.4. The molecule has 6 rings (SSSR count). The fraction of sp³-hybridized carbons (Fsp3) is 0.111. The van der Waals surface area contributed by atoms with Gasteiger partial charge in [0.1, 0.15) is 0 Å². The highest BCUT2D eigenvalue weighted by atomic mass is 79.9. The highest BCUT2D eigenvalue weighted by Crippen LogP contribution is 2.63. The number of hydrogen-bond acceptors (Lipinski definition) is 1. The Bertz CT molecular complexity index is 1220. The smallest absolute Gasteiger partial charge is 0.0728 e. The Morgan fingerprint density at radius 2 is 1.10 bits per heavy atom. The van der Waals surface area contributed by atoms with E-state index in [0.717, 1.165) is 4.47 Å². The number of fused-ring (bicyclic) bond motifs is 10. The van der Waals surface area contributed by atoms with Crippen LogP contribution in [0.15, 0.2) is 89.4 Å². The van der Waals surface area contributed by atoms with Crippen molar-refractivity contribution in [3.63, 3.8) is 0 Å². The number of aliphatic hydroxyl groups is 1. The molecule has 2 aliphatic carbocycles. The van der Waals surface area contributed by atoms with E-state index in [9.17, 15) is 5.11 Å². The molecule has 4 aromatic carbocycles. The van der Waals surface area contributed by atoms with Gasteiger partial charge < -0.3 is 5.11 Å². The van der Waals surface area contributed by atoms with Crippen LogP contribution in [0.2, 0.25) is 0 Å². The van der Waals surface area contributed by atoms with E-state index < -0.39 is 0 Å². The average molecular weight is 439 g/mol. The molecule has 0 aromatic heterocycles. The van der Waals surface area contributed by atoms with Gasteiger partial charge in [0.25, 0.3) is 0 Å². The van der Waals surface area contributed by atoms with Gasteiger partial charge in [0.05, 0.1) is 5.41 Å². The Kier molecular flexibility index (Phi) is 3.65. The fourth-order valence-corrected chi connectivity index (χ4v) is 6.13.